The molecule has 0 spiro atoms. The van der Waals surface area contributed by atoms with Gasteiger partial charge in [0.2, 0.25) is 0 Å². The SMILES string of the molecule is CCCCCCCCN(CCC)CCNC. The van der Waals surface area contributed by atoms with E-state index in [1.165, 1.54) is 64.6 Å². The minimum absolute atomic E-state index is 1.12. The molecule has 0 unspecified atom stereocenters. The fourth-order valence-electron chi connectivity index (χ4n) is 2.04. The molecule has 0 aromatic rings. The summed E-state index contributed by atoms with van der Waals surface area (Å²) in [5.74, 6) is 0. The van der Waals surface area contributed by atoms with Crippen LogP contribution in [0.4, 0.5) is 0 Å². The van der Waals surface area contributed by atoms with Crippen LogP contribution in [0.15, 0.2) is 0 Å². The Bertz CT molecular complexity index is 126. The summed E-state index contributed by atoms with van der Waals surface area (Å²) in [5.41, 5.74) is 0. The van der Waals surface area contributed by atoms with Crippen molar-refractivity contribution in [1.82, 2.24) is 10.2 Å². The molecular weight excluding hydrogens is 196 g/mol. The average molecular weight is 228 g/mol. The molecule has 0 aliphatic rings. The Hall–Kier alpha value is -0.0800. The first-order valence-electron chi connectivity index (χ1n) is 7.22. The van der Waals surface area contributed by atoms with Gasteiger partial charge in [0, 0.05) is 13.1 Å². The van der Waals surface area contributed by atoms with E-state index < -0.39 is 0 Å². The normalized spacial score (nSPS) is 11.2. The molecule has 0 rings (SSSR count). The standard InChI is InChI=1S/C14H32N2/c1-4-6-7-8-9-10-13-16(12-5-2)14-11-15-3/h15H,4-14H2,1-3H3. The zero-order chi connectivity index (χ0) is 12.1. The van der Waals surface area contributed by atoms with Crippen LogP contribution in [0.1, 0.15) is 58.8 Å². The number of rotatable bonds is 12. The van der Waals surface area contributed by atoms with E-state index >= 15 is 0 Å². The molecule has 1 N–H and O–H groups in total. The Morgan fingerprint density at radius 2 is 1.44 bits per heavy atom. The number of unbranched alkanes of at least 4 members (excludes halogenated alkanes) is 5. The second-order valence-electron chi connectivity index (χ2n) is 4.71. The highest BCUT2D eigenvalue weighted by Gasteiger charge is 2.02. The number of nitrogens with zero attached hydrogens (tertiary/aromatic N) is 1. The second-order valence-corrected chi connectivity index (χ2v) is 4.71. The molecule has 2 nitrogen and oxygen atoms in total. The molecule has 2 heteroatoms. The van der Waals surface area contributed by atoms with Gasteiger partial charge in [-0.05, 0) is 33.0 Å². The Morgan fingerprint density at radius 1 is 0.750 bits per heavy atom. The van der Waals surface area contributed by atoms with Crippen LogP contribution in [0.2, 0.25) is 0 Å². The maximum atomic E-state index is 3.23. The number of nitrogens with one attached hydrogen (secondary N) is 1. The fraction of sp³-hybridized carbons (Fsp3) is 1.00. The molecule has 0 aromatic heterocycles. The Morgan fingerprint density at radius 3 is 2.06 bits per heavy atom. The van der Waals surface area contributed by atoms with Gasteiger partial charge in [0.1, 0.15) is 0 Å². The van der Waals surface area contributed by atoms with Crippen molar-refractivity contribution >= 4 is 0 Å². The number of hydrogen-bond donors (Lipinski definition) is 1. The fourth-order valence-corrected chi connectivity index (χ4v) is 2.04. The first-order valence-corrected chi connectivity index (χ1v) is 7.22. The monoisotopic (exact) mass is 228 g/mol. The van der Waals surface area contributed by atoms with Crippen LogP contribution in [0.5, 0.6) is 0 Å². The molecule has 0 saturated carbocycles. The van der Waals surface area contributed by atoms with Gasteiger partial charge >= 0.3 is 0 Å². The van der Waals surface area contributed by atoms with Crippen LogP contribution in [0.3, 0.4) is 0 Å². The first-order chi connectivity index (χ1) is 7.85. The Labute approximate surface area is 103 Å². The summed E-state index contributed by atoms with van der Waals surface area (Å²) in [5, 5.41) is 3.23. The third-order valence-corrected chi connectivity index (χ3v) is 3.05. The molecule has 0 aliphatic carbocycles. The molecule has 16 heavy (non-hydrogen) atoms. The molecule has 0 fully saturated rings. The van der Waals surface area contributed by atoms with E-state index in [1.54, 1.807) is 0 Å². The highest BCUT2D eigenvalue weighted by atomic mass is 15.1. The van der Waals surface area contributed by atoms with Crippen LogP contribution in [0, 0.1) is 0 Å². The highest BCUT2D eigenvalue weighted by Crippen LogP contribution is 2.06. The van der Waals surface area contributed by atoms with Crippen molar-refractivity contribution in [2.75, 3.05) is 33.2 Å². The Balaban J connectivity index is 3.36. The molecule has 0 aromatic carbocycles. The van der Waals surface area contributed by atoms with E-state index in [1.807, 2.05) is 7.05 Å². The first kappa shape index (κ1) is 15.9. The highest BCUT2D eigenvalue weighted by molar-refractivity contribution is 4.58. The van der Waals surface area contributed by atoms with Gasteiger partial charge < -0.3 is 10.2 Å². The van der Waals surface area contributed by atoms with Gasteiger partial charge in [0.15, 0.2) is 0 Å². The van der Waals surface area contributed by atoms with E-state index in [0.717, 1.165) is 6.54 Å². The van der Waals surface area contributed by atoms with Crippen molar-refractivity contribution in [3.63, 3.8) is 0 Å². The minimum atomic E-state index is 1.12. The van der Waals surface area contributed by atoms with E-state index in [4.69, 9.17) is 0 Å². The average Bonchev–Trinajstić information content (AvgIpc) is 2.30. The molecule has 0 bridgehead atoms. The summed E-state index contributed by atoms with van der Waals surface area (Å²) in [7, 11) is 2.04. The van der Waals surface area contributed by atoms with Gasteiger partial charge in [0.25, 0.3) is 0 Å². The van der Waals surface area contributed by atoms with Gasteiger partial charge in [-0.15, -0.1) is 0 Å². The maximum Gasteiger partial charge on any atom is 0.0107 e. The zero-order valence-electron chi connectivity index (χ0n) is 11.7. The summed E-state index contributed by atoms with van der Waals surface area (Å²) in [4.78, 5) is 2.59. The lowest BCUT2D eigenvalue weighted by Crippen LogP contribution is -2.32. The predicted octanol–water partition coefficient (Wildman–Crippen LogP) is 3.28. The molecule has 0 saturated heterocycles. The van der Waals surface area contributed by atoms with Crippen molar-refractivity contribution in [1.29, 1.82) is 0 Å². The van der Waals surface area contributed by atoms with E-state index in [0.29, 0.717) is 0 Å². The smallest absolute Gasteiger partial charge is 0.0107 e. The third-order valence-electron chi connectivity index (χ3n) is 3.05. The third kappa shape index (κ3) is 10.4. The molecule has 98 valence electrons. The predicted molar refractivity (Wildman–Crippen MR) is 74.0 cm³/mol. The summed E-state index contributed by atoms with van der Waals surface area (Å²) < 4.78 is 0. The van der Waals surface area contributed by atoms with Crippen molar-refractivity contribution < 1.29 is 0 Å². The topological polar surface area (TPSA) is 15.3 Å². The lowest BCUT2D eigenvalue weighted by molar-refractivity contribution is 0.269. The number of likely N-dealkylation sites (N-methyl/N-ethyl adjacent to an activating group) is 1. The van der Waals surface area contributed by atoms with Gasteiger partial charge in [-0.3, -0.25) is 0 Å². The van der Waals surface area contributed by atoms with Crippen LogP contribution in [0.25, 0.3) is 0 Å². The summed E-state index contributed by atoms with van der Waals surface area (Å²) >= 11 is 0. The molecule has 0 atom stereocenters. The largest absolute Gasteiger partial charge is 0.318 e. The molecule has 0 radical (unpaired) electrons. The van der Waals surface area contributed by atoms with Crippen molar-refractivity contribution in [3.8, 4) is 0 Å². The summed E-state index contributed by atoms with van der Waals surface area (Å²) in [6.45, 7) is 9.43. The van der Waals surface area contributed by atoms with Gasteiger partial charge in [-0.1, -0.05) is 46.0 Å². The quantitative estimate of drug-likeness (QED) is 0.516. The van der Waals surface area contributed by atoms with Gasteiger partial charge in [-0.25, -0.2) is 0 Å². The van der Waals surface area contributed by atoms with E-state index in [9.17, 15) is 0 Å². The van der Waals surface area contributed by atoms with Crippen LogP contribution < -0.4 is 5.32 Å². The molecule has 0 heterocycles. The van der Waals surface area contributed by atoms with E-state index in [-0.39, 0.29) is 0 Å². The van der Waals surface area contributed by atoms with Crippen LogP contribution in [-0.2, 0) is 0 Å². The van der Waals surface area contributed by atoms with Crippen LogP contribution >= 0.6 is 0 Å². The van der Waals surface area contributed by atoms with Crippen molar-refractivity contribution in [3.05, 3.63) is 0 Å². The number of hydrogen-bond acceptors (Lipinski definition) is 2. The van der Waals surface area contributed by atoms with Crippen LogP contribution in [-0.4, -0.2) is 38.1 Å². The molecular formula is C14H32N2. The van der Waals surface area contributed by atoms with Gasteiger partial charge in [0.05, 0.1) is 0 Å². The zero-order valence-corrected chi connectivity index (χ0v) is 11.7. The summed E-state index contributed by atoms with van der Waals surface area (Å²) in [6, 6.07) is 0. The molecule has 0 amide bonds. The minimum Gasteiger partial charge on any atom is -0.318 e. The molecule has 0 aliphatic heterocycles. The van der Waals surface area contributed by atoms with Gasteiger partial charge in [-0.2, -0.15) is 0 Å². The lowest BCUT2D eigenvalue weighted by atomic mass is 10.1. The maximum absolute atomic E-state index is 3.23. The summed E-state index contributed by atoms with van der Waals surface area (Å²) in [6.07, 6.45) is 9.70. The Kier molecular flexibility index (Phi) is 12.9. The second kappa shape index (κ2) is 13.0. The van der Waals surface area contributed by atoms with Crippen molar-refractivity contribution in [2.45, 2.75) is 58.8 Å². The van der Waals surface area contributed by atoms with E-state index in [2.05, 4.69) is 24.1 Å². The lowest BCUT2D eigenvalue weighted by Gasteiger charge is -2.21. The van der Waals surface area contributed by atoms with Crippen molar-refractivity contribution in [2.24, 2.45) is 0 Å².